The van der Waals surface area contributed by atoms with Gasteiger partial charge < -0.3 is 24.4 Å². The largest absolute Gasteiger partial charge is 0.494 e. The average molecular weight is 380 g/mol. The highest BCUT2D eigenvalue weighted by molar-refractivity contribution is 5.94. The summed E-state index contributed by atoms with van der Waals surface area (Å²) in [7, 11) is 2.83. The lowest BCUT2D eigenvalue weighted by Gasteiger charge is -2.50. The number of nitrogens with zero attached hydrogens (tertiary/aromatic N) is 2. The summed E-state index contributed by atoms with van der Waals surface area (Å²) in [5.74, 6) is -1.17. The zero-order chi connectivity index (χ0) is 19.6. The van der Waals surface area contributed by atoms with Gasteiger partial charge in [0.15, 0.2) is 11.6 Å². The Bertz CT molecular complexity index is 728. The molecule has 3 rings (SSSR count). The van der Waals surface area contributed by atoms with E-state index in [2.05, 4.69) is 0 Å². The van der Waals surface area contributed by atoms with Gasteiger partial charge in [-0.3, -0.25) is 9.59 Å². The van der Waals surface area contributed by atoms with E-state index in [1.807, 2.05) is 0 Å². The van der Waals surface area contributed by atoms with Gasteiger partial charge in [0.05, 0.1) is 12.7 Å². The van der Waals surface area contributed by atoms with Crippen molar-refractivity contribution in [3.8, 4) is 5.75 Å². The Morgan fingerprint density at radius 2 is 1.89 bits per heavy atom. The number of ether oxygens (including phenoxy) is 2. The minimum atomic E-state index is -0.883. The highest BCUT2D eigenvalue weighted by Gasteiger charge is 2.46. The molecule has 1 aromatic rings. The number of aliphatic hydroxyl groups is 1. The second-order valence-electron chi connectivity index (χ2n) is 7.17. The number of halogens is 1. The van der Waals surface area contributed by atoms with Crippen molar-refractivity contribution in [1.29, 1.82) is 0 Å². The van der Waals surface area contributed by atoms with Crippen molar-refractivity contribution in [2.75, 3.05) is 47.0 Å². The lowest BCUT2D eigenvalue weighted by Crippen LogP contribution is -2.61. The van der Waals surface area contributed by atoms with E-state index in [9.17, 15) is 19.1 Å². The molecule has 148 valence electrons. The molecule has 1 aromatic carbocycles. The Kier molecular flexibility index (Phi) is 5.67. The van der Waals surface area contributed by atoms with E-state index < -0.39 is 11.4 Å². The monoisotopic (exact) mass is 380 g/mol. The maximum Gasteiger partial charge on any atom is 0.253 e. The molecule has 0 aliphatic carbocycles. The molecule has 7 nitrogen and oxygen atoms in total. The van der Waals surface area contributed by atoms with Crippen LogP contribution >= 0.6 is 0 Å². The van der Waals surface area contributed by atoms with Crippen LogP contribution in [0.5, 0.6) is 5.75 Å². The summed E-state index contributed by atoms with van der Waals surface area (Å²) in [5.41, 5.74) is -0.645. The Morgan fingerprint density at radius 3 is 2.52 bits per heavy atom. The van der Waals surface area contributed by atoms with Crippen LogP contribution < -0.4 is 4.74 Å². The molecule has 0 saturated carbocycles. The van der Waals surface area contributed by atoms with Crippen molar-refractivity contribution in [1.82, 2.24) is 9.80 Å². The summed E-state index contributed by atoms with van der Waals surface area (Å²) in [6.07, 6.45) is 0.917. The van der Waals surface area contributed by atoms with Gasteiger partial charge in [-0.15, -0.1) is 0 Å². The van der Waals surface area contributed by atoms with Gasteiger partial charge in [0, 0.05) is 44.8 Å². The second-order valence-corrected chi connectivity index (χ2v) is 7.17. The standard InChI is InChI=1S/C19H25FN2O5/c1-26-12-17(23)21-7-5-19(25)6-8-22(11-14(19)10-21)18(24)13-3-4-16(27-2)15(20)9-13/h3-4,9,14,25H,5-8,10-12H2,1-2H3. The predicted molar refractivity (Wildman–Crippen MR) is 95.0 cm³/mol. The van der Waals surface area contributed by atoms with Crippen LogP contribution in [-0.2, 0) is 9.53 Å². The molecule has 8 heteroatoms. The smallest absolute Gasteiger partial charge is 0.253 e. The molecule has 0 aromatic heterocycles. The number of benzene rings is 1. The van der Waals surface area contributed by atoms with E-state index >= 15 is 0 Å². The summed E-state index contributed by atoms with van der Waals surface area (Å²) in [4.78, 5) is 28.2. The van der Waals surface area contributed by atoms with Gasteiger partial charge >= 0.3 is 0 Å². The van der Waals surface area contributed by atoms with Crippen LogP contribution in [0.3, 0.4) is 0 Å². The molecule has 2 unspecified atom stereocenters. The summed E-state index contributed by atoms with van der Waals surface area (Å²) >= 11 is 0. The number of likely N-dealkylation sites (tertiary alicyclic amines) is 2. The Morgan fingerprint density at radius 1 is 1.22 bits per heavy atom. The number of rotatable bonds is 4. The van der Waals surface area contributed by atoms with Crippen LogP contribution in [0, 0.1) is 11.7 Å². The molecule has 2 atom stereocenters. The number of carbonyl (C=O) groups excluding carboxylic acids is 2. The lowest BCUT2D eigenvalue weighted by atomic mass is 9.75. The number of hydrogen-bond donors (Lipinski definition) is 1. The molecule has 0 spiro atoms. The van der Waals surface area contributed by atoms with E-state index in [-0.39, 0.29) is 35.7 Å². The zero-order valence-electron chi connectivity index (χ0n) is 15.6. The van der Waals surface area contributed by atoms with E-state index in [1.165, 1.54) is 26.4 Å². The molecule has 27 heavy (non-hydrogen) atoms. The van der Waals surface area contributed by atoms with Gasteiger partial charge in [-0.2, -0.15) is 0 Å². The molecular formula is C19H25FN2O5. The first-order valence-corrected chi connectivity index (χ1v) is 9.00. The van der Waals surface area contributed by atoms with E-state index in [0.717, 1.165) is 6.07 Å². The van der Waals surface area contributed by atoms with Crippen molar-refractivity contribution in [3.63, 3.8) is 0 Å². The summed E-state index contributed by atoms with van der Waals surface area (Å²) < 4.78 is 23.7. The maximum absolute atomic E-state index is 13.9. The van der Waals surface area contributed by atoms with Crippen LogP contribution in [-0.4, -0.2) is 79.3 Å². The average Bonchev–Trinajstić information content (AvgIpc) is 2.66. The third kappa shape index (κ3) is 3.91. The first-order chi connectivity index (χ1) is 12.9. The number of piperidine rings is 2. The third-order valence-electron chi connectivity index (χ3n) is 5.58. The van der Waals surface area contributed by atoms with E-state index in [4.69, 9.17) is 9.47 Å². The fourth-order valence-corrected chi connectivity index (χ4v) is 3.91. The quantitative estimate of drug-likeness (QED) is 0.840. The van der Waals surface area contributed by atoms with Crippen molar-refractivity contribution in [2.24, 2.45) is 5.92 Å². The topological polar surface area (TPSA) is 79.3 Å². The van der Waals surface area contributed by atoms with Crippen molar-refractivity contribution in [2.45, 2.75) is 18.4 Å². The number of methoxy groups -OCH3 is 2. The number of hydrogen-bond acceptors (Lipinski definition) is 5. The highest BCUT2D eigenvalue weighted by atomic mass is 19.1. The Hall–Kier alpha value is -2.19. The van der Waals surface area contributed by atoms with Crippen LogP contribution in [0.15, 0.2) is 18.2 Å². The first-order valence-electron chi connectivity index (χ1n) is 9.00. The second kappa shape index (κ2) is 7.82. The van der Waals surface area contributed by atoms with Gasteiger partial charge in [0.25, 0.3) is 5.91 Å². The van der Waals surface area contributed by atoms with Gasteiger partial charge in [0.1, 0.15) is 6.61 Å². The molecule has 2 fully saturated rings. The lowest BCUT2D eigenvalue weighted by molar-refractivity contribution is -0.148. The normalized spacial score (nSPS) is 25.1. The van der Waals surface area contributed by atoms with E-state index in [1.54, 1.807) is 9.80 Å². The molecule has 0 bridgehead atoms. The van der Waals surface area contributed by atoms with Crippen LogP contribution in [0.2, 0.25) is 0 Å². The SMILES string of the molecule is COCC(=O)N1CCC2(O)CCN(C(=O)c3ccc(OC)c(F)c3)CC2C1. The van der Waals surface area contributed by atoms with Gasteiger partial charge in [-0.25, -0.2) is 4.39 Å². The maximum atomic E-state index is 13.9. The predicted octanol–water partition coefficient (Wildman–Crippen LogP) is 0.906. The van der Waals surface area contributed by atoms with Crippen LogP contribution in [0.25, 0.3) is 0 Å². The highest BCUT2D eigenvalue weighted by Crippen LogP contribution is 2.36. The molecule has 2 heterocycles. The molecule has 1 N–H and O–H groups in total. The fraction of sp³-hybridized carbons (Fsp3) is 0.579. The summed E-state index contributed by atoms with van der Waals surface area (Å²) in [6, 6.07) is 4.12. The Labute approximate surface area is 157 Å². The Balaban J connectivity index is 1.71. The minimum absolute atomic E-state index is 0.00107. The zero-order valence-corrected chi connectivity index (χ0v) is 15.6. The molecule has 2 saturated heterocycles. The van der Waals surface area contributed by atoms with Gasteiger partial charge in [-0.05, 0) is 31.0 Å². The van der Waals surface area contributed by atoms with Gasteiger partial charge in [-0.1, -0.05) is 0 Å². The van der Waals surface area contributed by atoms with Crippen LogP contribution in [0.4, 0.5) is 4.39 Å². The van der Waals surface area contributed by atoms with Crippen molar-refractivity contribution >= 4 is 11.8 Å². The van der Waals surface area contributed by atoms with Crippen molar-refractivity contribution < 1.29 is 28.6 Å². The third-order valence-corrected chi connectivity index (χ3v) is 5.58. The number of carbonyl (C=O) groups is 2. The van der Waals surface area contributed by atoms with Crippen LogP contribution in [0.1, 0.15) is 23.2 Å². The minimum Gasteiger partial charge on any atom is -0.494 e. The van der Waals surface area contributed by atoms with Gasteiger partial charge in [0.2, 0.25) is 5.91 Å². The molecule has 2 amide bonds. The number of fused-ring (bicyclic) bond motifs is 1. The molecule has 0 radical (unpaired) electrons. The number of amides is 2. The van der Waals surface area contributed by atoms with E-state index in [0.29, 0.717) is 39.0 Å². The van der Waals surface area contributed by atoms with Crippen molar-refractivity contribution in [3.05, 3.63) is 29.6 Å². The fourth-order valence-electron chi connectivity index (χ4n) is 3.91. The summed E-state index contributed by atoms with van der Waals surface area (Å²) in [6.45, 7) is 1.57. The molecule has 2 aliphatic heterocycles. The summed E-state index contributed by atoms with van der Waals surface area (Å²) in [5, 5.41) is 10.9. The first kappa shape index (κ1) is 19.6. The molecular weight excluding hydrogens is 355 g/mol. The molecule has 2 aliphatic rings.